The third-order valence-electron chi connectivity index (χ3n) is 2.71. The third kappa shape index (κ3) is 8.02. The van der Waals surface area contributed by atoms with Gasteiger partial charge < -0.3 is 20.6 Å². The standard InChI is InChI=1S/C13H21NOS.C2H2O4/c1-9(2)14-8-12(15)11-5-6-13(16-4)10(3)7-11;3-1(4)2(5)6/h5-7,9,12,14-15H,8H2,1-4H3;(H,3,4)(H,5,6). The number of carboxylic acids is 2. The van der Waals surface area contributed by atoms with Crippen LogP contribution in [0.2, 0.25) is 0 Å². The summed E-state index contributed by atoms with van der Waals surface area (Å²) in [7, 11) is 0. The molecule has 22 heavy (non-hydrogen) atoms. The Hall–Kier alpha value is -1.57. The van der Waals surface area contributed by atoms with Crippen molar-refractivity contribution in [1.82, 2.24) is 5.32 Å². The number of hydrogen-bond acceptors (Lipinski definition) is 5. The second-order valence-electron chi connectivity index (χ2n) is 4.92. The Bertz CT molecular complexity index is 493. The maximum absolute atomic E-state index is 9.99. The van der Waals surface area contributed by atoms with Crippen LogP contribution in [0.3, 0.4) is 0 Å². The molecule has 4 N–H and O–H groups in total. The Kier molecular flexibility index (Phi) is 9.48. The van der Waals surface area contributed by atoms with Crippen LogP contribution in [0.5, 0.6) is 0 Å². The van der Waals surface area contributed by atoms with Crippen LogP contribution >= 0.6 is 11.8 Å². The van der Waals surface area contributed by atoms with Gasteiger partial charge in [0.15, 0.2) is 0 Å². The molecule has 1 aromatic rings. The van der Waals surface area contributed by atoms with Gasteiger partial charge in [0, 0.05) is 17.5 Å². The highest BCUT2D eigenvalue weighted by molar-refractivity contribution is 7.98. The van der Waals surface area contributed by atoms with E-state index < -0.39 is 18.0 Å². The number of thioether (sulfide) groups is 1. The Labute approximate surface area is 134 Å². The molecule has 0 aliphatic rings. The van der Waals surface area contributed by atoms with Gasteiger partial charge in [0.05, 0.1) is 6.10 Å². The highest BCUT2D eigenvalue weighted by Gasteiger charge is 2.09. The van der Waals surface area contributed by atoms with Gasteiger partial charge in [-0.25, -0.2) is 9.59 Å². The molecule has 1 atom stereocenters. The van der Waals surface area contributed by atoms with E-state index in [1.807, 2.05) is 6.07 Å². The molecule has 1 aromatic carbocycles. The van der Waals surface area contributed by atoms with Gasteiger partial charge in [-0.2, -0.15) is 0 Å². The highest BCUT2D eigenvalue weighted by Crippen LogP contribution is 2.23. The molecule has 0 radical (unpaired) electrons. The van der Waals surface area contributed by atoms with Crippen molar-refractivity contribution >= 4 is 23.7 Å². The zero-order valence-electron chi connectivity index (χ0n) is 13.2. The van der Waals surface area contributed by atoms with E-state index in [1.165, 1.54) is 10.5 Å². The number of benzene rings is 1. The largest absolute Gasteiger partial charge is 0.473 e. The third-order valence-corrected chi connectivity index (χ3v) is 3.60. The van der Waals surface area contributed by atoms with Gasteiger partial charge in [0.1, 0.15) is 0 Å². The molecule has 0 amide bonds. The molecule has 0 spiro atoms. The summed E-state index contributed by atoms with van der Waals surface area (Å²) >= 11 is 1.74. The van der Waals surface area contributed by atoms with Crippen LogP contribution in [-0.2, 0) is 9.59 Å². The van der Waals surface area contributed by atoms with Crippen LogP contribution in [-0.4, -0.2) is 46.1 Å². The summed E-state index contributed by atoms with van der Waals surface area (Å²) in [5, 5.41) is 28.0. The molecule has 0 fully saturated rings. The maximum atomic E-state index is 9.99. The second kappa shape index (κ2) is 10.2. The van der Waals surface area contributed by atoms with E-state index in [0.29, 0.717) is 12.6 Å². The molecule has 0 saturated carbocycles. The molecule has 7 heteroatoms. The fourth-order valence-electron chi connectivity index (χ4n) is 1.57. The Morgan fingerprint density at radius 1 is 1.23 bits per heavy atom. The van der Waals surface area contributed by atoms with E-state index in [9.17, 15) is 5.11 Å². The summed E-state index contributed by atoms with van der Waals surface area (Å²) in [4.78, 5) is 19.5. The molecule has 6 nitrogen and oxygen atoms in total. The van der Waals surface area contributed by atoms with E-state index in [1.54, 1.807) is 11.8 Å². The lowest BCUT2D eigenvalue weighted by Gasteiger charge is -2.15. The van der Waals surface area contributed by atoms with Crippen molar-refractivity contribution in [3.8, 4) is 0 Å². The Balaban J connectivity index is 0.000000626. The van der Waals surface area contributed by atoms with Crippen molar-refractivity contribution in [3.63, 3.8) is 0 Å². The van der Waals surface area contributed by atoms with Gasteiger partial charge in [-0.3, -0.25) is 0 Å². The summed E-state index contributed by atoms with van der Waals surface area (Å²) in [6, 6.07) is 6.55. The molecule has 0 aliphatic heterocycles. The zero-order valence-corrected chi connectivity index (χ0v) is 14.0. The van der Waals surface area contributed by atoms with Crippen LogP contribution in [0.4, 0.5) is 0 Å². The molecule has 0 aliphatic carbocycles. The summed E-state index contributed by atoms with van der Waals surface area (Å²) in [5.74, 6) is -3.65. The Morgan fingerprint density at radius 3 is 2.14 bits per heavy atom. The smallest absolute Gasteiger partial charge is 0.414 e. The minimum atomic E-state index is -1.82. The van der Waals surface area contributed by atoms with Gasteiger partial charge in [0.2, 0.25) is 0 Å². The monoisotopic (exact) mass is 329 g/mol. The van der Waals surface area contributed by atoms with Gasteiger partial charge in [0.25, 0.3) is 0 Å². The normalized spacial score (nSPS) is 11.5. The molecule has 0 aromatic heterocycles. The quantitative estimate of drug-likeness (QED) is 0.483. The molecule has 0 bridgehead atoms. The van der Waals surface area contributed by atoms with Crippen molar-refractivity contribution in [2.75, 3.05) is 12.8 Å². The maximum Gasteiger partial charge on any atom is 0.414 e. The summed E-state index contributed by atoms with van der Waals surface area (Å²) in [6.07, 6.45) is 1.65. The van der Waals surface area contributed by atoms with Crippen molar-refractivity contribution in [2.45, 2.75) is 37.8 Å². The number of aliphatic hydroxyl groups is 1. The number of hydrogen-bond donors (Lipinski definition) is 4. The number of carboxylic acid groups (broad SMARTS) is 2. The first kappa shape index (κ1) is 20.4. The molecule has 0 heterocycles. The van der Waals surface area contributed by atoms with Gasteiger partial charge >= 0.3 is 11.9 Å². The van der Waals surface area contributed by atoms with Gasteiger partial charge in [-0.15, -0.1) is 11.8 Å². The topological polar surface area (TPSA) is 107 Å². The van der Waals surface area contributed by atoms with Crippen molar-refractivity contribution in [2.24, 2.45) is 0 Å². The number of aryl methyl sites for hydroxylation is 1. The molecular weight excluding hydrogens is 306 g/mol. The number of aliphatic hydroxyl groups excluding tert-OH is 1. The molecule has 1 rings (SSSR count). The fourth-order valence-corrected chi connectivity index (χ4v) is 2.16. The predicted octanol–water partition coefficient (Wildman–Crippen LogP) is 1.90. The molecular formula is C15H23NO5S. The molecule has 124 valence electrons. The van der Waals surface area contributed by atoms with Gasteiger partial charge in [-0.05, 0) is 30.4 Å². The van der Waals surface area contributed by atoms with Crippen LogP contribution in [0.1, 0.15) is 31.1 Å². The van der Waals surface area contributed by atoms with Gasteiger partial charge in [-0.1, -0.05) is 26.0 Å². The first-order chi connectivity index (χ1) is 10.2. The minimum absolute atomic E-state index is 0.404. The average Bonchev–Trinajstić information content (AvgIpc) is 2.45. The number of nitrogens with one attached hydrogen (secondary N) is 1. The fraction of sp³-hybridized carbons (Fsp3) is 0.467. The van der Waals surface area contributed by atoms with E-state index >= 15 is 0 Å². The number of rotatable bonds is 5. The summed E-state index contributed by atoms with van der Waals surface area (Å²) in [6.45, 7) is 6.84. The Morgan fingerprint density at radius 2 is 1.77 bits per heavy atom. The summed E-state index contributed by atoms with van der Waals surface area (Å²) in [5.41, 5.74) is 2.22. The van der Waals surface area contributed by atoms with Crippen LogP contribution in [0, 0.1) is 6.92 Å². The number of aliphatic carboxylic acids is 2. The van der Waals surface area contributed by atoms with Crippen LogP contribution < -0.4 is 5.32 Å². The van der Waals surface area contributed by atoms with Crippen molar-refractivity contribution in [3.05, 3.63) is 29.3 Å². The second-order valence-corrected chi connectivity index (χ2v) is 5.77. The minimum Gasteiger partial charge on any atom is -0.473 e. The van der Waals surface area contributed by atoms with Crippen LogP contribution in [0.15, 0.2) is 23.1 Å². The highest BCUT2D eigenvalue weighted by atomic mass is 32.2. The molecule has 0 saturated heterocycles. The van der Waals surface area contributed by atoms with E-state index in [2.05, 4.69) is 44.5 Å². The SMILES string of the molecule is CSc1ccc(C(O)CNC(C)C)cc1C.O=C(O)C(=O)O. The van der Waals surface area contributed by atoms with Crippen LogP contribution in [0.25, 0.3) is 0 Å². The van der Waals surface area contributed by atoms with Crippen molar-refractivity contribution in [1.29, 1.82) is 0 Å². The lowest BCUT2D eigenvalue weighted by molar-refractivity contribution is -0.159. The van der Waals surface area contributed by atoms with E-state index in [-0.39, 0.29) is 0 Å². The zero-order chi connectivity index (χ0) is 17.3. The first-order valence-corrected chi connectivity index (χ1v) is 7.93. The molecule has 1 unspecified atom stereocenters. The first-order valence-electron chi connectivity index (χ1n) is 6.71. The average molecular weight is 329 g/mol. The predicted molar refractivity (Wildman–Crippen MR) is 86.3 cm³/mol. The number of carbonyl (C=O) groups is 2. The lowest BCUT2D eigenvalue weighted by atomic mass is 10.1. The lowest BCUT2D eigenvalue weighted by Crippen LogP contribution is -2.27. The van der Waals surface area contributed by atoms with Crippen molar-refractivity contribution < 1.29 is 24.9 Å². The van der Waals surface area contributed by atoms with E-state index in [0.717, 1.165) is 5.56 Å². The summed E-state index contributed by atoms with van der Waals surface area (Å²) < 4.78 is 0. The van der Waals surface area contributed by atoms with E-state index in [4.69, 9.17) is 19.8 Å².